The SMILES string of the molecule is COCC(C)n1c(C)cc(C(=O)CSc2nnc(-c3cccs3)n2N)c1C. The molecule has 0 aromatic carbocycles. The monoisotopic (exact) mass is 405 g/mol. The number of carbonyl (C=O) groups is 1. The summed E-state index contributed by atoms with van der Waals surface area (Å²) in [6.07, 6.45) is 0. The fourth-order valence-corrected chi connectivity index (χ4v) is 4.66. The van der Waals surface area contributed by atoms with Crippen LogP contribution in [-0.2, 0) is 4.74 Å². The van der Waals surface area contributed by atoms with Gasteiger partial charge in [-0.2, -0.15) is 0 Å². The first-order valence-electron chi connectivity index (χ1n) is 8.51. The Balaban J connectivity index is 1.73. The van der Waals surface area contributed by atoms with E-state index in [1.807, 2.05) is 37.4 Å². The van der Waals surface area contributed by atoms with Crippen LogP contribution in [0.3, 0.4) is 0 Å². The van der Waals surface area contributed by atoms with Crippen LogP contribution in [0.15, 0.2) is 28.7 Å². The fourth-order valence-electron chi connectivity index (χ4n) is 3.21. The second-order valence-corrected chi connectivity index (χ2v) is 8.21. The zero-order valence-electron chi connectivity index (χ0n) is 15.8. The maximum Gasteiger partial charge on any atom is 0.210 e. The van der Waals surface area contributed by atoms with Crippen LogP contribution in [-0.4, -0.2) is 44.7 Å². The second-order valence-electron chi connectivity index (χ2n) is 6.32. The third kappa shape index (κ3) is 3.95. The average molecular weight is 406 g/mol. The van der Waals surface area contributed by atoms with Gasteiger partial charge in [0.2, 0.25) is 5.16 Å². The highest BCUT2D eigenvalue weighted by Gasteiger charge is 2.20. The number of hydrogen-bond donors (Lipinski definition) is 1. The summed E-state index contributed by atoms with van der Waals surface area (Å²) >= 11 is 2.84. The van der Waals surface area contributed by atoms with Crippen molar-refractivity contribution in [2.75, 3.05) is 25.3 Å². The average Bonchev–Trinajstić information content (AvgIpc) is 3.33. The first-order chi connectivity index (χ1) is 12.9. The standard InChI is InChI=1S/C18H23N5O2S2/c1-11-8-14(13(3)22(11)12(2)9-25-4)15(24)10-27-18-21-20-17(23(18)19)16-6-5-7-26-16/h5-8,12H,9-10,19H2,1-4H3. The number of nitrogens with zero attached hydrogens (tertiary/aromatic N) is 4. The second kappa shape index (κ2) is 8.28. The van der Waals surface area contributed by atoms with Crippen LogP contribution in [0.2, 0.25) is 0 Å². The fraction of sp³-hybridized carbons (Fsp3) is 0.389. The maximum atomic E-state index is 12.8. The third-order valence-electron chi connectivity index (χ3n) is 4.37. The molecule has 0 saturated heterocycles. The molecule has 0 radical (unpaired) electrons. The Hall–Kier alpha value is -2.10. The van der Waals surface area contributed by atoms with Crippen molar-refractivity contribution in [3.05, 3.63) is 40.5 Å². The molecule has 7 nitrogen and oxygen atoms in total. The molecule has 0 aliphatic rings. The van der Waals surface area contributed by atoms with Crippen LogP contribution in [0.25, 0.3) is 10.7 Å². The summed E-state index contributed by atoms with van der Waals surface area (Å²) in [4.78, 5) is 13.7. The van der Waals surface area contributed by atoms with Crippen LogP contribution < -0.4 is 5.84 Å². The number of nitrogens with two attached hydrogens (primary N) is 1. The Morgan fingerprint density at radius 2 is 2.19 bits per heavy atom. The van der Waals surface area contributed by atoms with Gasteiger partial charge in [-0.25, -0.2) is 4.68 Å². The molecule has 3 heterocycles. The molecule has 3 aromatic rings. The van der Waals surface area contributed by atoms with E-state index in [0.717, 1.165) is 21.8 Å². The molecule has 0 aliphatic carbocycles. The molecule has 144 valence electrons. The molecule has 1 atom stereocenters. The number of thiophene rings is 1. The molecule has 0 fully saturated rings. The van der Waals surface area contributed by atoms with Gasteiger partial charge in [0.05, 0.1) is 23.3 Å². The van der Waals surface area contributed by atoms with Gasteiger partial charge >= 0.3 is 0 Å². The number of nitrogen functional groups attached to an aromatic ring is 1. The third-order valence-corrected chi connectivity index (χ3v) is 6.18. The van der Waals surface area contributed by atoms with E-state index in [1.165, 1.54) is 16.4 Å². The Morgan fingerprint density at radius 1 is 1.41 bits per heavy atom. The molecule has 3 rings (SSSR count). The van der Waals surface area contributed by atoms with E-state index in [0.29, 0.717) is 17.6 Å². The van der Waals surface area contributed by atoms with E-state index in [-0.39, 0.29) is 17.6 Å². The lowest BCUT2D eigenvalue weighted by atomic mass is 10.2. The van der Waals surface area contributed by atoms with Gasteiger partial charge in [-0.05, 0) is 38.3 Å². The Kier molecular flexibility index (Phi) is 6.03. The van der Waals surface area contributed by atoms with Gasteiger partial charge < -0.3 is 15.1 Å². The van der Waals surface area contributed by atoms with E-state index >= 15 is 0 Å². The summed E-state index contributed by atoms with van der Waals surface area (Å²) in [5.41, 5.74) is 2.73. The summed E-state index contributed by atoms with van der Waals surface area (Å²) in [7, 11) is 1.68. The van der Waals surface area contributed by atoms with Crippen molar-refractivity contribution >= 4 is 28.9 Å². The molecule has 0 spiro atoms. The highest BCUT2D eigenvalue weighted by molar-refractivity contribution is 7.99. The Bertz CT molecular complexity index is 930. The molecule has 9 heteroatoms. The molecule has 2 N–H and O–H groups in total. The topological polar surface area (TPSA) is 88.0 Å². The lowest BCUT2D eigenvalue weighted by Gasteiger charge is -2.17. The molecule has 27 heavy (non-hydrogen) atoms. The number of rotatable bonds is 8. The van der Waals surface area contributed by atoms with Gasteiger partial charge in [0.15, 0.2) is 11.6 Å². The van der Waals surface area contributed by atoms with Gasteiger partial charge in [0.1, 0.15) is 0 Å². The number of thioether (sulfide) groups is 1. The zero-order valence-corrected chi connectivity index (χ0v) is 17.4. The number of aryl methyl sites for hydroxylation is 1. The zero-order chi connectivity index (χ0) is 19.6. The predicted molar refractivity (Wildman–Crippen MR) is 109 cm³/mol. The summed E-state index contributed by atoms with van der Waals surface area (Å²) in [6, 6.07) is 5.98. The van der Waals surface area contributed by atoms with E-state index in [1.54, 1.807) is 18.4 Å². The summed E-state index contributed by atoms with van der Waals surface area (Å²) in [5.74, 6) is 7.00. The van der Waals surface area contributed by atoms with E-state index in [2.05, 4.69) is 21.7 Å². The van der Waals surface area contributed by atoms with Crippen LogP contribution in [0.1, 0.15) is 34.7 Å². The summed E-state index contributed by atoms with van der Waals surface area (Å²) in [5, 5.41) is 10.7. The minimum absolute atomic E-state index is 0.0460. The van der Waals surface area contributed by atoms with E-state index in [9.17, 15) is 4.79 Å². The first-order valence-corrected chi connectivity index (χ1v) is 10.4. The van der Waals surface area contributed by atoms with Crippen LogP contribution in [0.4, 0.5) is 0 Å². The van der Waals surface area contributed by atoms with Gasteiger partial charge in [-0.15, -0.1) is 21.5 Å². The van der Waals surface area contributed by atoms with Crippen molar-refractivity contribution in [2.45, 2.75) is 32.0 Å². The highest BCUT2D eigenvalue weighted by atomic mass is 32.2. The van der Waals surface area contributed by atoms with Gasteiger partial charge in [0.25, 0.3) is 0 Å². The van der Waals surface area contributed by atoms with Crippen molar-refractivity contribution < 1.29 is 9.53 Å². The first kappa shape index (κ1) is 19.7. The van der Waals surface area contributed by atoms with Crippen molar-refractivity contribution in [3.8, 4) is 10.7 Å². The minimum Gasteiger partial charge on any atom is -0.383 e. The van der Waals surface area contributed by atoms with Gasteiger partial charge in [-0.1, -0.05) is 17.8 Å². The summed E-state index contributed by atoms with van der Waals surface area (Å²) < 4.78 is 8.83. The van der Waals surface area contributed by atoms with Crippen molar-refractivity contribution in [1.29, 1.82) is 0 Å². The number of Topliss-reactive ketones (excluding diaryl/α,β-unsaturated/α-hetero) is 1. The van der Waals surface area contributed by atoms with E-state index < -0.39 is 0 Å². The minimum atomic E-state index is 0.0460. The number of ether oxygens (including phenoxy) is 1. The van der Waals surface area contributed by atoms with Crippen molar-refractivity contribution in [3.63, 3.8) is 0 Å². The number of ketones is 1. The molecule has 0 amide bonds. The van der Waals surface area contributed by atoms with Gasteiger partial charge in [0, 0.05) is 24.1 Å². The highest BCUT2D eigenvalue weighted by Crippen LogP contribution is 2.27. The molecule has 0 bridgehead atoms. The molecule has 3 aromatic heterocycles. The largest absolute Gasteiger partial charge is 0.383 e. The van der Waals surface area contributed by atoms with Crippen LogP contribution in [0.5, 0.6) is 0 Å². The number of aromatic nitrogens is 4. The molecule has 1 unspecified atom stereocenters. The Morgan fingerprint density at radius 3 is 2.85 bits per heavy atom. The van der Waals surface area contributed by atoms with E-state index in [4.69, 9.17) is 10.6 Å². The lowest BCUT2D eigenvalue weighted by molar-refractivity contribution is 0.102. The van der Waals surface area contributed by atoms with Crippen LogP contribution >= 0.6 is 23.1 Å². The normalized spacial score (nSPS) is 12.4. The van der Waals surface area contributed by atoms with Gasteiger partial charge in [-0.3, -0.25) is 4.79 Å². The predicted octanol–water partition coefficient (Wildman–Crippen LogP) is 3.32. The Labute approximate surface area is 166 Å². The number of carbonyl (C=O) groups excluding carboxylic acids is 1. The van der Waals surface area contributed by atoms with Crippen molar-refractivity contribution in [2.24, 2.45) is 0 Å². The number of methoxy groups -OCH3 is 1. The molecule has 0 saturated carbocycles. The molecular weight excluding hydrogens is 382 g/mol. The molecular formula is C18H23N5O2S2. The van der Waals surface area contributed by atoms with Crippen molar-refractivity contribution in [1.82, 2.24) is 19.4 Å². The van der Waals surface area contributed by atoms with Crippen LogP contribution in [0, 0.1) is 13.8 Å². The quantitative estimate of drug-likeness (QED) is 0.351. The maximum absolute atomic E-state index is 12.8. The summed E-state index contributed by atoms with van der Waals surface area (Å²) in [6.45, 7) is 6.65. The smallest absolute Gasteiger partial charge is 0.210 e. The molecule has 0 aliphatic heterocycles. The lowest BCUT2D eigenvalue weighted by Crippen LogP contribution is -2.15. The number of hydrogen-bond acceptors (Lipinski definition) is 7.